The van der Waals surface area contributed by atoms with Crippen LogP contribution in [0.3, 0.4) is 0 Å². The number of likely N-dealkylation sites (tertiary alicyclic amines) is 1. The summed E-state index contributed by atoms with van der Waals surface area (Å²) in [5, 5.41) is 0. The number of nitrogens with two attached hydrogens (primary N) is 1. The minimum Gasteiger partial charge on any atom is -0.493 e. The molecule has 1 aliphatic carbocycles. The molecule has 1 saturated heterocycles. The summed E-state index contributed by atoms with van der Waals surface area (Å²) < 4.78 is 10.9. The van der Waals surface area contributed by atoms with Crippen LogP contribution in [0.25, 0.3) is 0 Å². The monoisotopic (exact) mass is 290 g/mol. The smallest absolute Gasteiger partial charge is 0.161 e. The molecule has 4 heteroatoms. The number of methoxy groups -OCH3 is 2. The van der Waals surface area contributed by atoms with E-state index in [-0.39, 0.29) is 5.41 Å². The van der Waals surface area contributed by atoms with Gasteiger partial charge in [0.1, 0.15) is 0 Å². The molecule has 3 atom stereocenters. The van der Waals surface area contributed by atoms with Crippen LogP contribution in [-0.2, 0) is 5.41 Å². The number of hydrogen-bond donors (Lipinski definition) is 1. The summed E-state index contributed by atoms with van der Waals surface area (Å²) in [5.74, 6) is 2.27. The van der Waals surface area contributed by atoms with Gasteiger partial charge in [-0.15, -0.1) is 0 Å². The molecule has 0 unspecified atom stereocenters. The highest BCUT2D eigenvalue weighted by molar-refractivity contribution is 5.46. The molecule has 1 saturated carbocycles. The van der Waals surface area contributed by atoms with Gasteiger partial charge in [-0.2, -0.15) is 0 Å². The molecule has 2 N–H and O–H groups in total. The molecule has 0 bridgehead atoms. The van der Waals surface area contributed by atoms with Crippen molar-refractivity contribution in [2.75, 3.05) is 34.4 Å². The lowest BCUT2D eigenvalue weighted by Gasteiger charge is -2.41. The zero-order valence-corrected chi connectivity index (χ0v) is 13.3. The van der Waals surface area contributed by atoms with Gasteiger partial charge in [0.05, 0.1) is 14.2 Å². The van der Waals surface area contributed by atoms with Crippen molar-refractivity contribution in [1.82, 2.24) is 4.90 Å². The summed E-state index contributed by atoms with van der Waals surface area (Å²) in [6, 6.07) is 6.77. The van der Waals surface area contributed by atoms with E-state index in [2.05, 4.69) is 24.1 Å². The average molecular weight is 290 g/mol. The fourth-order valence-corrected chi connectivity index (χ4v) is 4.35. The van der Waals surface area contributed by atoms with E-state index < -0.39 is 0 Å². The Morgan fingerprint density at radius 2 is 2.00 bits per heavy atom. The SMILES string of the molecule is COc1ccc([C@]23CC[C@@H](N)C[C@@H]2CN(C)C3)cc1OC. The molecule has 1 aliphatic heterocycles. The van der Waals surface area contributed by atoms with E-state index in [9.17, 15) is 0 Å². The fourth-order valence-electron chi connectivity index (χ4n) is 4.35. The van der Waals surface area contributed by atoms with Crippen LogP contribution in [0.15, 0.2) is 18.2 Å². The zero-order chi connectivity index (χ0) is 15.0. The van der Waals surface area contributed by atoms with E-state index in [1.165, 1.54) is 12.0 Å². The molecular weight excluding hydrogens is 264 g/mol. The highest BCUT2D eigenvalue weighted by Crippen LogP contribution is 2.49. The van der Waals surface area contributed by atoms with Crippen LogP contribution in [0.5, 0.6) is 11.5 Å². The van der Waals surface area contributed by atoms with Crippen LogP contribution in [0.4, 0.5) is 0 Å². The van der Waals surface area contributed by atoms with Crippen molar-refractivity contribution in [3.8, 4) is 11.5 Å². The molecule has 0 amide bonds. The first-order valence-corrected chi connectivity index (χ1v) is 7.75. The Hall–Kier alpha value is -1.26. The van der Waals surface area contributed by atoms with Crippen molar-refractivity contribution in [3.63, 3.8) is 0 Å². The van der Waals surface area contributed by atoms with Gasteiger partial charge in [0.15, 0.2) is 11.5 Å². The van der Waals surface area contributed by atoms with Crippen molar-refractivity contribution in [2.45, 2.75) is 30.7 Å². The van der Waals surface area contributed by atoms with Gasteiger partial charge in [-0.3, -0.25) is 0 Å². The summed E-state index contributed by atoms with van der Waals surface area (Å²) in [7, 11) is 5.60. The van der Waals surface area contributed by atoms with Crippen LogP contribution in [0.1, 0.15) is 24.8 Å². The number of hydrogen-bond acceptors (Lipinski definition) is 4. The van der Waals surface area contributed by atoms with Gasteiger partial charge in [0, 0.05) is 24.5 Å². The Bertz CT molecular complexity index is 520. The van der Waals surface area contributed by atoms with Crippen molar-refractivity contribution in [3.05, 3.63) is 23.8 Å². The summed E-state index contributed by atoms with van der Waals surface area (Å²) in [6.45, 7) is 2.25. The standard InChI is InChI=1S/C17H26N2O2/c1-19-10-13-8-14(18)6-7-17(13,11-19)12-4-5-15(20-2)16(9-12)21-3/h4-5,9,13-14H,6-8,10-11,18H2,1-3H3/t13-,14-,17-/m1/s1. The van der Waals surface area contributed by atoms with Crippen LogP contribution < -0.4 is 15.2 Å². The number of fused-ring (bicyclic) bond motifs is 1. The summed E-state index contributed by atoms with van der Waals surface area (Å²) in [5.41, 5.74) is 7.81. The molecule has 116 valence electrons. The van der Waals surface area contributed by atoms with Crippen molar-refractivity contribution >= 4 is 0 Å². The van der Waals surface area contributed by atoms with Gasteiger partial charge in [-0.05, 0) is 49.9 Å². The molecule has 1 aromatic carbocycles. The van der Waals surface area contributed by atoms with Crippen LogP contribution in [0, 0.1) is 5.92 Å². The lowest BCUT2D eigenvalue weighted by molar-refractivity contribution is 0.220. The van der Waals surface area contributed by atoms with Gasteiger partial charge in [0.25, 0.3) is 0 Å². The Morgan fingerprint density at radius 3 is 2.71 bits per heavy atom. The topological polar surface area (TPSA) is 47.7 Å². The Kier molecular flexibility index (Phi) is 3.84. The van der Waals surface area contributed by atoms with Gasteiger partial charge in [-0.1, -0.05) is 6.07 Å². The molecule has 0 aromatic heterocycles. The van der Waals surface area contributed by atoms with Crippen LogP contribution >= 0.6 is 0 Å². The lowest BCUT2D eigenvalue weighted by Crippen LogP contribution is -2.44. The maximum absolute atomic E-state index is 6.21. The van der Waals surface area contributed by atoms with Gasteiger partial charge >= 0.3 is 0 Å². The first-order chi connectivity index (χ1) is 10.1. The summed E-state index contributed by atoms with van der Waals surface area (Å²) in [6.07, 6.45) is 3.40. The Labute approximate surface area is 127 Å². The predicted octanol–water partition coefficient (Wildman–Crippen LogP) is 2.01. The number of benzene rings is 1. The first kappa shape index (κ1) is 14.7. The third-order valence-corrected chi connectivity index (χ3v) is 5.37. The molecule has 2 fully saturated rings. The molecule has 1 aromatic rings. The maximum atomic E-state index is 6.21. The third-order valence-electron chi connectivity index (χ3n) is 5.37. The Morgan fingerprint density at radius 1 is 1.24 bits per heavy atom. The van der Waals surface area contributed by atoms with Gasteiger partial charge in [0.2, 0.25) is 0 Å². The molecule has 0 radical (unpaired) electrons. The second-order valence-corrected chi connectivity index (χ2v) is 6.65. The first-order valence-electron chi connectivity index (χ1n) is 7.75. The molecule has 4 nitrogen and oxygen atoms in total. The minimum absolute atomic E-state index is 0.226. The zero-order valence-electron chi connectivity index (χ0n) is 13.3. The second-order valence-electron chi connectivity index (χ2n) is 6.65. The molecular formula is C17H26N2O2. The van der Waals surface area contributed by atoms with E-state index in [1.54, 1.807) is 14.2 Å². The third kappa shape index (κ3) is 2.40. The van der Waals surface area contributed by atoms with E-state index in [0.717, 1.165) is 37.4 Å². The molecule has 1 heterocycles. The fraction of sp³-hybridized carbons (Fsp3) is 0.647. The van der Waals surface area contributed by atoms with Crippen molar-refractivity contribution in [1.29, 1.82) is 0 Å². The largest absolute Gasteiger partial charge is 0.493 e. The molecule has 3 rings (SSSR count). The normalized spacial score (nSPS) is 32.8. The maximum Gasteiger partial charge on any atom is 0.161 e. The second kappa shape index (κ2) is 5.50. The van der Waals surface area contributed by atoms with E-state index >= 15 is 0 Å². The number of ether oxygens (including phenoxy) is 2. The number of likely N-dealkylation sites (N-methyl/N-ethyl adjacent to an activating group) is 1. The molecule has 0 spiro atoms. The Balaban J connectivity index is 2.00. The summed E-state index contributed by atoms with van der Waals surface area (Å²) >= 11 is 0. The van der Waals surface area contributed by atoms with Crippen molar-refractivity contribution < 1.29 is 9.47 Å². The van der Waals surface area contributed by atoms with Gasteiger partial charge < -0.3 is 20.1 Å². The van der Waals surface area contributed by atoms with E-state index in [0.29, 0.717) is 12.0 Å². The van der Waals surface area contributed by atoms with E-state index in [1.807, 2.05) is 6.07 Å². The van der Waals surface area contributed by atoms with Crippen LogP contribution in [0.2, 0.25) is 0 Å². The highest BCUT2D eigenvalue weighted by atomic mass is 16.5. The highest BCUT2D eigenvalue weighted by Gasteiger charge is 2.49. The molecule has 2 aliphatic rings. The average Bonchev–Trinajstić information content (AvgIpc) is 2.82. The molecule has 21 heavy (non-hydrogen) atoms. The quantitative estimate of drug-likeness (QED) is 0.925. The summed E-state index contributed by atoms with van der Waals surface area (Å²) in [4.78, 5) is 2.44. The lowest BCUT2D eigenvalue weighted by atomic mass is 9.63. The minimum atomic E-state index is 0.226. The van der Waals surface area contributed by atoms with Crippen LogP contribution in [-0.4, -0.2) is 45.3 Å². The number of nitrogens with zero attached hydrogens (tertiary/aromatic N) is 1. The van der Waals surface area contributed by atoms with Gasteiger partial charge in [-0.25, -0.2) is 0 Å². The van der Waals surface area contributed by atoms with Crippen molar-refractivity contribution in [2.24, 2.45) is 11.7 Å². The predicted molar refractivity (Wildman–Crippen MR) is 84.0 cm³/mol. The number of rotatable bonds is 3. The van der Waals surface area contributed by atoms with E-state index in [4.69, 9.17) is 15.2 Å².